The van der Waals surface area contributed by atoms with Gasteiger partial charge in [0.1, 0.15) is 11.6 Å². The third-order valence-electron chi connectivity index (χ3n) is 2.83. The lowest BCUT2D eigenvalue weighted by Gasteiger charge is -2.11. The molecule has 128 valence electrons. The number of benzene rings is 2. The highest BCUT2D eigenvalue weighted by atomic mass is 35.5. The molecular formula is C15H11ClF4N2O2. The molecule has 0 spiro atoms. The molecular weight excluding hydrogens is 352 g/mol. The fourth-order valence-corrected chi connectivity index (χ4v) is 2.01. The Morgan fingerprint density at radius 3 is 2.38 bits per heavy atom. The lowest BCUT2D eigenvalue weighted by atomic mass is 10.2. The van der Waals surface area contributed by atoms with E-state index in [0.717, 1.165) is 12.1 Å². The number of anilines is 1. The Labute approximate surface area is 139 Å². The van der Waals surface area contributed by atoms with E-state index in [1.165, 1.54) is 30.3 Å². The van der Waals surface area contributed by atoms with Gasteiger partial charge in [-0.25, -0.2) is 9.18 Å². The van der Waals surface area contributed by atoms with Crippen LogP contribution in [0.1, 0.15) is 5.56 Å². The number of nitrogens with one attached hydrogen (secondary N) is 2. The first kappa shape index (κ1) is 17.9. The summed E-state index contributed by atoms with van der Waals surface area (Å²) in [5, 5.41) is 4.96. The number of amides is 2. The summed E-state index contributed by atoms with van der Waals surface area (Å²) in [5.41, 5.74) is 0.366. The van der Waals surface area contributed by atoms with Crippen LogP contribution in [0.2, 0.25) is 5.02 Å². The van der Waals surface area contributed by atoms with E-state index in [4.69, 9.17) is 11.6 Å². The Hall–Kier alpha value is -2.48. The van der Waals surface area contributed by atoms with Crippen LogP contribution in [0.5, 0.6) is 5.75 Å². The summed E-state index contributed by atoms with van der Waals surface area (Å²) >= 11 is 5.83. The third kappa shape index (κ3) is 5.31. The van der Waals surface area contributed by atoms with Crippen LogP contribution < -0.4 is 15.4 Å². The summed E-state index contributed by atoms with van der Waals surface area (Å²) in [6, 6.07) is 8.03. The second-order valence-corrected chi connectivity index (χ2v) is 4.99. The van der Waals surface area contributed by atoms with Crippen molar-refractivity contribution in [3.05, 3.63) is 58.9 Å². The van der Waals surface area contributed by atoms with Crippen molar-refractivity contribution in [1.29, 1.82) is 0 Å². The Morgan fingerprint density at radius 1 is 1.12 bits per heavy atom. The summed E-state index contributed by atoms with van der Waals surface area (Å²) in [6.45, 7) is -0.146. The number of carbonyl (C=O) groups is 1. The van der Waals surface area contributed by atoms with Crippen molar-refractivity contribution >= 4 is 23.3 Å². The van der Waals surface area contributed by atoms with Crippen molar-refractivity contribution in [3.63, 3.8) is 0 Å². The molecule has 4 nitrogen and oxygen atoms in total. The van der Waals surface area contributed by atoms with E-state index in [1.54, 1.807) is 0 Å². The maximum absolute atomic E-state index is 13.5. The van der Waals surface area contributed by atoms with Crippen LogP contribution in [0.3, 0.4) is 0 Å². The normalized spacial score (nSPS) is 11.0. The van der Waals surface area contributed by atoms with Crippen LogP contribution in [0, 0.1) is 5.82 Å². The van der Waals surface area contributed by atoms with Gasteiger partial charge >= 0.3 is 12.4 Å². The zero-order chi connectivity index (χ0) is 17.7. The predicted molar refractivity (Wildman–Crippen MR) is 80.4 cm³/mol. The molecule has 0 heterocycles. The summed E-state index contributed by atoms with van der Waals surface area (Å²) in [5.74, 6) is -0.969. The molecule has 2 amide bonds. The van der Waals surface area contributed by atoms with Crippen LogP contribution in [-0.4, -0.2) is 12.4 Å². The molecule has 0 aliphatic rings. The number of hydrogen-bond donors (Lipinski definition) is 2. The van der Waals surface area contributed by atoms with Gasteiger partial charge in [-0.1, -0.05) is 17.7 Å². The lowest BCUT2D eigenvalue weighted by Crippen LogP contribution is -2.28. The molecule has 0 saturated carbocycles. The van der Waals surface area contributed by atoms with Crippen molar-refractivity contribution in [1.82, 2.24) is 5.32 Å². The highest BCUT2D eigenvalue weighted by Crippen LogP contribution is 2.24. The van der Waals surface area contributed by atoms with Gasteiger partial charge in [-0.2, -0.15) is 0 Å². The molecule has 0 fully saturated rings. The zero-order valence-electron chi connectivity index (χ0n) is 12.0. The van der Waals surface area contributed by atoms with E-state index in [1.807, 2.05) is 0 Å². The van der Waals surface area contributed by atoms with E-state index >= 15 is 0 Å². The van der Waals surface area contributed by atoms with Crippen molar-refractivity contribution in [2.24, 2.45) is 0 Å². The SMILES string of the molecule is O=C(NCc1c(F)cccc1Cl)Nc1ccc(OC(F)(F)F)cc1. The minimum absolute atomic E-state index is 0.128. The second kappa shape index (κ2) is 7.39. The standard InChI is InChI=1S/C15H11ClF4N2O2/c16-12-2-1-3-13(17)11(12)8-21-14(23)22-9-4-6-10(7-5-9)24-15(18,19)20/h1-7H,8H2,(H2,21,22,23). The first-order chi connectivity index (χ1) is 11.2. The Kier molecular flexibility index (Phi) is 5.50. The molecule has 0 aromatic heterocycles. The van der Waals surface area contributed by atoms with E-state index in [2.05, 4.69) is 15.4 Å². The largest absolute Gasteiger partial charge is 0.573 e. The van der Waals surface area contributed by atoms with Gasteiger partial charge in [-0.05, 0) is 36.4 Å². The molecule has 2 aromatic carbocycles. The fourth-order valence-electron chi connectivity index (χ4n) is 1.79. The molecule has 2 rings (SSSR count). The Balaban J connectivity index is 1.91. The molecule has 0 aliphatic carbocycles. The fraction of sp³-hybridized carbons (Fsp3) is 0.133. The van der Waals surface area contributed by atoms with E-state index in [9.17, 15) is 22.4 Å². The van der Waals surface area contributed by atoms with Crippen LogP contribution in [0.4, 0.5) is 28.0 Å². The summed E-state index contributed by atoms with van der Waals surface area (Å²) in [7, 11) is 0. The van der Waals surface area contributed by atoms with Crippen LogP contribution >= 0.6 is 11.6 Å². The first-order valence-electron chi connectivity index (χ1n) is 6.58. The minimum Gasteiger partial charge on any atom is -0.406 e. The molecule has 2 N–H and O–H groups in total. The maximum Gasteiger partial charge on any atom is 0.573 e. The maximum atomic E-state index is 13.5. The molecule has 0 saturated heterocycles. The lowest BCUT2D eigenvalue weighted by molar-refractivity contribution is -0.274. The van der Waals surface area contributed by atoms with E-state index < -0.39 is 24.0 Å². The predicted octanol–water partition coefficient (Wildman–Crippen LogP) is 4.70. The average molecular weight is 363 g/mol. The van der Waals surface area contributed by atoms with E-state index in [-0.39, 0.29) is 22.8 Å². The molecule has 2 aromatic rings. The summed E-state index contributed by atoms with van der Waals surface area (Å²) in [4.78, 5) is 11.7. The molecule has 24 heavy (non-hydrogen) atoms. The Bertz CT molecular complexity index is 700. The number of hydrogen-bond acceptors (Lipinski definition) is 2. The van der Waals surface area contributed by atoms with Crippen molar-refractivity contribution in [2.45, 2.75) is 12.9 Å². The quantitative estimate of drug-likeness (QED) is 0.775. The van der Waals surface area contributed by atoms with Crippen LogP contribution in [0.25, 0.3) is 0 Å². The van der Waals surface area contributed by atoms with Gasteiger partial charge in [0, 0.05) is 22.8 Å². The number of urea groups is 1. The molecule has 0 aliphatic heterocycles. The number of ether oxygens (including phenoxy) is 1. The van der Waals surface area contributed by atoms with Crippen molar-refractivity contribution < 1.29 is 27.1 Å². The second-order valence-electron chi connectivity index (χ2n) is 4.58. The number of rotatable bonds is 4. The number of halogens is 5. The molecule has 9 heteroatoms. The van der Waals surface area contributed by atoms with Crippen molar-refractivity contribution in [3.8, 4) is 5.75 Å². The number of alkyl halides is 3. The smallest absolute Gasteiger partial charge is 0.406 e. The monoisotopic (exact) mass is 362 g/mol. The highest BCUT2D eigenvalue weighted by molar-refractivity contribution is 6.31. The summed E-state index contributed by atoms with van der Waals surface area (Å²) in [6.07, 6.45) is -4.79. The van der Waals surface area contributed by atoms with Crippen molar-refractivity contribution in [2.75, 3.05) is 5.32 Å². The number of carbonyl (C=O) groups excluding carboxylic acids is 1. The van der Waals surface area contributed by atoms with Gasteiger partial charge in [0.25, 0.3) is 0 Å². The first-order valence-corrected chi connectivity index (χ1v) is 6.96. The van der Waals surface area contributed by atoms with Gasteiger partial charge in [-0.15, -0.1) is 13.2 Å². The van der Waals surface area contributed by atoms with Gasteiger partial charge in [-0.3, -0.25) is 0 Å². The van der Waals surface area contributed by atoms with Gasteiger partial charge < -0.3 is 15.4 Å². The van der Waals surface area contributed by atoms with E-state index in [0.29, 0.717) is 0 Å². The van der Waals surface area contributed by atoms with Gasteiger partial charge in [0.05, 0.1) is 0 Å². The van der Waals surface area contributed by atoms with Gasteiger partial charge in [0.15, 0.2) is 0 Å². The van der Waals surface area contributed by atoms with Gasteiger partial charge in [0.2, 0.25) is 0 Å². The zero-order valence-corrected chi connectivity index (χ0v) is 12.7. The summed E-state index contributed by atoms with van der Waals surface area (Å²) < 4.78 is 53.4. The van der Waals surface area contributed by atoms with Crippen LogP contribution in [-0.2, 0) is 6.54 Å². The third-order valence-corrected chi connectivity index (χ3v) is 3.19. The molecule has 0 radical (unpaired) electrons. The molecule has 0 atom stereocenters. The Morgan fingerprint density at radius 2 is 1.79 bits per heavy atom. The van der Waals surface area contributed by atoms with Crippen LogP contribution in [0.15, 0.2) is 42.5 Å². The highest BCUT2D eigenvalue weighted by Gasteiger charge is 2.30. The molecule has 0 bridgehead atoms. The molecule has 0 unspecified atom stereocenters. The topological polar surface area (TPSA) is 50.4 Å². The average Bonchev–Trinajstić information content (AvgIpc) is 2.47. The minimum atomic E-state index is -4.79.